The lowest BCUT2D eigenvalue weighted by atomic mass is 9.93. The molecule has 0 spiro atoms. The predicted molar refractivity (Wildman–Crippen MR) is 102 cm³/mol. The summed E-state index contributed by atoms with van der Waals surface area (Å²) < 4.78 is 13.3. The van der Waals surface area contributed by atoms with E-state index in [4.69, 9.17) is 0 Å². The fourth-order valence-electron chi connectivity index (χ4n) is 3.20. The molecule has 1 heterocycles. The van der Waals surface area contributed by atoms with Crippen LogP contribution in [0.1, 0.15) is 42.3 Å². The van der Waals surface area contributed by atoms with E-state index in [-0.39, 0.29) is 30.1 Å². The van der Waals surface area contributed by atoms with Gasteiger partial charge in [-0.3, -0.25) is 9.59 Å². The van der Waals surface area contributed by atoms with Gasteiger partial charge in [0.15, 0.2) is 0 Å². The van der Waals surface area contributed by atoms with Gasteiger partial charge in [-0.15, -0.1) is 0 Å². The summed E-state index contributed by atoms with van der Waals surface area (Å²) in [7, 11) is 0. The van der Waals surface area contributed by atoms with Crippen LogP contribution in [0.3, 0.4) is 0 Å². The highest BCUT2D eigenvalue weighted by Gasteiger charge is 2.26. The molecule has 0 saturated heterocycles. The third-order valence-electron chi connectivity index (χ3n) is 4.67. The highest BCUT2D eigenvalue weighted by atomic mass is 19.1. The van der Waals surface area contributed by atoms with Gasteiger partial charge >= 0.3 is 0 Å². The average molecular weight is 366 g/mol. The van der Waals surface area contributed by atoms with Crippen molar-refractivity contribution in [2.75, 3.05) is 6.54 Å². The number of carbonyl (C=O) groups is 2. The molecule has 0 aromatic heterocycles. The SMILES string of the molecule is O=C1C[C@@H](c2ccccc2)C(=O)N[C@@H](c2ccc(F)cc2)C/C=C\CCN1. The normalized spacial score (nSPS) is 22.7. The molecule has 0 radical (unpaired) electrons. The maximum Gasteiger partial charge on any atom is 0.228 e. The monoisotopic (exact) mass is 366 g/mol. The maximum atomic E-state index is 13.3. The molecule has 2 atom stereocenters. The van der Waals surface area contributed by atoms with Gasteiger partial charge in [0.05, 0.1) is 12.0 Å². The van der Waals surface area contributed by atoms with Crippen molar-refractivity contribution in [1.82, 2.24) is 10.6 Å². The number of halogens is 1. The molecule has 0 fully saturated rings. The average Bonchev–Trinajstić information content (AvgIpc) is 2.68. The van der Waals surface area contributed by atoms with Crippen molar-refractivity contribution < 1.29 is 14.0 Å². The van der Waals surface area contributed by atoms with Crippen molar-refractivity contribution in [1.29, 1.82) is 0 Å². The van der Waals surface area contributed by atoms with Crippen molar-refractivity contribution in [2.24, 2.45) is 0 Å². The van der Waals surface area contributed by atoms with Gasteiger partial charge in [-0.1, -0.05) is 54.6 Å². The Labute approximate surface area is 158 Å². The van der Waals surface area contributed by atoms with E-state index in [0.29, 0.717) is 13.0 Å². The zero-order valence-electron chi connectivity index (χ0n) is 15.0. The first-order chi connectivity index (χ1) is 13.1. The number of rotatable bonds is 2. The number of benzene rings is 2. The molecule has 2 aromatic rings. The van der Waals surface area contributed by atoms with Crippen molar-refractivity contribution in [3.8, 4) is 0 Å². The van der Waals surface area contributed by atoms with E-state index in [2.05, 4.69) is 10.6 Å². The number of nitrogens with one attached hydrogen (secondary N) is 2. The molecule has 27 heavy (non-hydrogen) atoms. The molecule has 1 aliphatic heterocycles. The molecule has 0 aliphatic carbocycles. The van der Waals surface area contributed by atoms with Gasteiger partial charge in [-0.05, 0) is 36.1 Å². The predicted octanol–water partition coefficient (Wildman–Crippen LogP) is 3.62. The fourth-order valence-corrected chi connectivity index (χ4v) is 3.20. The van der Waals surface area contributed by atoms with Crippen LogP contribution < -0.4 is 10.6 Å². The van der Waals surface area contributed by atoms with Crippen molar-refractivity contribution in [2.45, 2.75) is 31.2 Å². The maximum absolute atomic E-state index is 13.3. The minimum Gasteiger partial charge on any atom is -0.356 e. The first-order valence-corrected chi connectivity index (χ1v) is 9.16. The Kier molecular flexibility index (Phi) is 6.36. The summed E-state index contributed by atoms with van der Waals surface area (Å²) in [5.41, 5.74) is 1.64. The summed E-state index contributed by atoms with van der Waals surface area (Å²) in [6, 6.07) is 15.2. The van der Waals surface area contributed by atoms with Gasteiger partial charge in [0.2, 0.25) is 11.8 Å². The molecule has 2 aromatic carbocycles. The molecular weight excluding hydrogens is 343 g/mol. The van der Waals surface area contributed by atoms with E-state index in [1.54, 1.807) is 12.1 Å². The molecule has 4 nitrogen and oxygen atoms in total. The van der Waals surface area contributed by atoms with E-state index in [0.717, 1.165) is 17.5 Å². The van der Waals surface area contributed by atoms with E-state index in [1.165, 1.54) is 12.1 Å². The first kappa shape index (κ1) is 18.8. The van der Waals surface area contributed by atoms with Gasteiger partial charge in [0.25, 0.3) is 0 Å². The van der Waals surface area contributed by atoms with E-state index >= 15 is 0 Å². The topological polar surface area (TPSA) is 58.2 Å². The van der Waals surface area contributed by atoms with Crippen LogP contribution in [0.15, 0.2) is 66.7 Å². The Morgan fingerprint density at radius 3 is 2.37 bits per heavy atom. The lowest BCUT2D eigenvalue weighted by molar-refractivity contribution is -0.128. The number of carbonyl (C=O) groups excluding carboxylic acids is 2. The summed E-state index contributed by atoms with van der Waals surface area (Å²) in [6.07, 6.45) is 5.40. The molecular formula is C22H23FN2O2. The third kappa shape index (κ3) is 5.26. The Morgan fingerprint density at radius 2 is 1.63 bits per heavy atom. The lowest BCUT2D eigenvalue weighted by Crippen LogP contribution is -2.36. The number of amides is 2. The van der Waals surface area contributed by atoms with E-state index in [9.17, 15) is 14.0 Å². The van der Waals surface area contributed by atoms with Crippen LogP contribution in [0.2, 0.25) is 0 Å². The molecule has 3 rings (SSSR count). The second-order valence-corrected chi connectivity index (χ2v) is 6.63. The van der Waals surface area contributed by atoms with Crippen molar-refractivity contribution >= 4 is 11.8 Å². The molecule has 5 heteroatoms. The first-order valence-electron chi connectivity index (χ1n) is 9.16. The van der Waals surface area contributed by atoms with Gasteiger partial charge < -0.3 is 10.6 Å². The Bertz CT molecular complexity index is 803. The van der Waals surface area contributed by atoms with E-state index < -0.39 is 5.92 Å². The zero-order chi connectivity index (χ0) is 19.1. The summed E-state index contributed by atoms with van der Waals surface area (Å²) in [6.45, 7) is 0.541. The minimum atomic E-state index is -0.572. The summed E-state index contributed by atoms with van der Waals surface area (Å²) in [4.78, 5) is 25.3. The van der Waals surface area contributed by atoms with Crippen LogP contribution >= 0.6 is 0 Å². The van der Waals surface area contributed by atoms with Crippen LogP contribution in [-0.2, 0) is 9.59 Å². The number of hydrogen-bond acceptors (Lipinski definition) is 2. The van der Waals surface area contributed by atoms with E-state index in [1.807, 2.05) is 42.5 Å². The summed E-state index contributed by atoms with van der Waals surface area (Å²) in [5.74, 6) is -1.24. The molecule has 0 bridgehead atoms. The van der Waals surface area contributed by atoms with Crippen LogP contribution in [0, 0.1) is 5.82 Å². The largest absolute Gasteiger partial charge is 0.356 e. The molecule has 140 valence electrons. The minimum absolute atomic E-state index is 0.0930. The Hall–Kier alpha value is -2.95. The van der Waals surface area contributed by atoms with Crippen LogP contribution in [0.4, 0.5) is 4.39 Å². The molecule has 1 aliphatic rings. The second-order valence-electron chi connectivity index (χ2n) is 6.63. The smallest absolute Gasteiger partial charge is 0.228 e. The highest BCUT2D eigenvalue weighted by molar-refractivity contribution is 5.90. The second kappa shape index (κ2) is 9.12. The molecule has 0 saturated carbocycles. The standard InChI is InChI=1S/C22H23FN2O2/c23-18-12-10-17(11-13-18)20-9-5-2-6-14-24-21(26)15-19(22(27)25-20)16-7-3-1-4-8-16/h1-5,7-8,10-13,19-20H,6,9,14-15H2,(H,24,26)(H,25,27)/b5-2-/t19-,20+/m0/s1. The van der Waals surface area contributed by atoms with Crippen LogP contribution in [0.5, 0.6) is 0 Å². The lowest BCUT2D eigenvalue weighted by Gasteiger charge is -2.23. The molecule has 2 N–H and O–H groups in total. The Morgan fingerprint density at radius 1 is 0.889 bits per heavy atom. The van der Waals surface area contributed by atoms with Gasteiger partial charge in [-0.2, -0.15) is 0 Å². The van der Waals surface area contributed by atoms with Gasteiger partial charge in [-0.25, -0.2) is 4.39 Å². The number of hydrogen-bond donors (Lipinski definition) is 2. The summed E-state index contributed by atoms with van der Waals surface area (Å²) in [5, 5.41) is 5.91. The fraction of sp³-hybridized carbons (Fsp3) is 0.273. The quantitative estimate of drug-likeness (QED) is 0.798. The zero-order valence-corrected chi connectivity index (χ0v) is 15.0. The molecule has 0 unspecified atom stereocenters. The third-order valence-corrected chi connectivity index (χ3v) is 4.67. The molecule has 2 amide bonds. The van der Waals surface area contributed by atoms with Crippen molar-refractivity contribution in [3.05, 3.63) is 83.7 Å². The van der Waals surface area contributed by atoms with Crippen molar-refractivity contribution in [3.63, 3.8) is 0 Å². The van der Waals surface area contributed by atoms with Gasteiger partial charge in [0.1, 0.15) is 5.82 Å². The van der Waals surface area contributed by atoms with Crippen LogP contribution in [-0.4, -0.2) is 18.4 Å². The highest BCUT2D eigenvalue weighted by Crippen LogP contribution is 2.24. The Balaban J connectivity index is 1.89. The summed E-state index contributed by atoms with van der Waals surface area (Å²) >= 11 is 0. The van der Waals surface area contributed by atoms with Gasteiger partial charge in [0, 0.05) is 13.0 Å². The van der Waals surface area contributed by atoms with Crippen LogP contribution in [0.25, 0.3) is 0 Å².